The second-order valence-electron chi connectivity index (χ2n) is 12.8. The van der Waals surface area contributed by atoms with E-state index in [1.807, 2.05) is 38.1 Å². The average molecular weight is 750 g/mol. The number of hydrogen-bond donors (Lipinski definition) is 7. The zero-order valence-corrected chi connectivity index (χ0v) is 31.1. The van der Waals surface area contributed by atoms with Gasteiger partial charge < -0.3 is 38.9 Å². The van der Waals surface area contributed by atoms with Crippen LogP contribution in [0, 0.1) is 6.92 Å². The Bertz CT molecular complexity index is 1660. The Morgan fingerprint density at radius 2 is 1.42 bits per heavy atom. The van der Waals surface area contributed by atoms with Gasteiger partial charge >= 0.3 is 0 Å². The molecule has 1 aliphatic heterocycles. The minimum absolute atomic E-state index is 0.116. The Morgan fingerprint density at radius 1 is 0.811 bits per heavy atom. The minimum atomic E-state index is -1.08. The van der Waals surface area contributed by atoms with Gasteiger partial charge in [-0.2, -0.15) is 0 Å². The number of nitrogens with zero attached hydrogens (tertiary/aromatic N) is 2. The number of guanidine groups is 1. The lowest BCUT2D eigenvalue weighted by Gasteiger charge is -2.25. The van der Waals surface area contributed by atoms with Gasteiger partial charge in [-0.3, -0.25) is 38.7 Å². The van der Waals surface area contributed by atoms with Gasteiger partial charge in [0.2, 0.25) is 17.7 Å². The average Bonchev–Trinajstić information content (AvgIpc) is 3.38. The summed E-state index contributed by atoms with van der Waals surface area (Å²) in [6, 6.07) is 10.9. The quantitative estimate of drug-likeness (QED) is 0.0423. The molecule has 1 aliphatic rings. The predicted molar refractivity (Wildman–Crippen MR) is 206 cm³/mol. The van der Waals surface area contributed by atoms with Crippen LogP contribution >= 0.6 is 11.8 Å². The lowest BCUT2D eigenvalue weighted by Crippen LogP contribution is -2.56. The first-order valence-electron chi connectivity index (χ1n) is 17.7. The molecule has 1 fully saturated rings. The van der Waals surface area contributed by atoms with Crippen LogP contribution < -0.4 is 38.9 Å². The summed E-state index contributed by atoms with van der Waals surface area (Å²) in [6.07, 6.45) is 5.27. The van der Waals surface area contributed by atoms with Crippen LogP contribution in [-0.2, 0) is 25.7 Å². The van der Waals surface area contributed by atoms with E-state index in [0.29, 0.717) is 44.2 Å². The summed E-state index contributed by atoms with van der Waals surface area (Å²) in [5.41, 5.74) is 24.8. The molecule has 2 aromatic rings. The smallest absolute Gasteiger partial charge is 0.293 e. The van der Waals surface area contributed by atoms with E-state index in [2.05, 4.69) is 20.9 Å². The molecular weight excluding hydrogens is 699 g/mol. The fraction of sp³-hybridized carbons (Fsp3) is 0.432. The Hall–Kier alpha value is -5.22. The molecule has 0 saturated carbocycles. The number of amides is 6. The molecule has 11 N–H and O–H groups in total. The molecule has 0 aromatic heterocycles. The Labute approximate surface area is 314 Å². The van der Waals surface area contributed by atoms with Crippen LogP contribution in [0.4, 0.5) is 4.79 Å². The highest BCUT2D eigenvalue weighted by Crippen LogP contribution is 2.33. The van der Waals surface area contributed by atoms with Crippen molar-refractivity contribution >= 4 is 58.6 Å². The van der Waals surface area contributed by atoms with Crippen molar-refractivity contribution in [2.45, 2.75) is 89.9 Å². The van der Waals surface area contributed by atoms with Crippen molar-refractivity contribution in [3.05, 3.63) is 75.7 Å². The first kappa shape index (κ1) is 42.2. The molecule has 0 aliphatic carbocycles. The molecule has 3 atom stereocenters. The molecule has 286 valence electrons. The molecule has 1 heterocycles. The summed E-state index contributed by atoms with van der Waals surface area (Å²) in [4.78, 5) is 83.5. The number of thioether (sulfide) groups is 1. The highest BCUT2D eigenvalue weighted by Gasteiger charge is 2.35. The number of carbonyl (C=O) groups is 6. The van der Waals surface area contributed by atoms with Gasteiger partial charge in [-0.25, -0.2) is 0 Å². The van der Waals surface area contributed by atoms with E-state index in [9.17, 15) is 28.8 Å². The second-order valence-corrected chi connectivity index (χ2v) is 13.8. The summed E-state index contributed by atoms with van der Waals surface area (Å²) < 4.78 is 0. The third-order valence-electron chi connectivity index (χ3n) is 8.46. The summed E-state index contributed by atoms with van der Waals surface area (Å²) in [7, 11) is 0. The van der Waals surface area contributed by atoms with E-state index in [-0.39, 0.29) is 47.6 Å². The Morgan fingerprint density at radius 3 is 2.02 bits per heavy atom. The van der Waals surface area contributed by atoms with Crippen LogP contribution in [0.2, 0.25) is 0 Å². The van der Waals surface area contributed by atoms with Gasteiger partial charge in [0.1, 0.15) is 18.1 Å². The van der Waals surface area contributed by atoms with Crippen LogP contribution in [0.1, 0.15) is 85.3 Å². The SMILES string of the molecule is CCCC[C@H](NC(=O)[C@H](CCCCN)NC(=O)[C@H](CCCN=C(N)N)NC(=O)c1ccc(/C=C2\SC(=O)N(Cc3ccc(C)cc3)C2=O)cc1)C(N)=O. The number of nitrogens with one attached hydrogen (secondary N) is 3. The standard InChI is InChI=1S/C37H51N9O6S/c1-3-4-8-27(31(39)47)43-33(49)28(9-5-6-19-38)45-34(50)29(10-7-20-42-36(40)41)44-32(48)26-17-15-24(16-18-26)21-30-35(51)46(37(52)53-30)22-25-13-11-23(2)12-14-25/h11-18,21,27-29H,3-10,19-20,22,38H2,1-2H3,(H2,39,47)(H,43,49)(H,44,48)(H,45,50)(H4,40,41,42)/b30-21-/t27-,28-,29-/m0/s1. The number of rotatable bonds is 21. The molecule has 3 rings (SSSR count). The molecular formula is C37H51N9O6S. The van der Waals surface area contributed by atoms with Crippen molar-refractivity contribution in [1.29, 1.82) is 0 Å². The van der Waals surface area contributed by atoms with Gasteiger partial charge in [0.15, 0.2) is 5.96 Å². The highest BCUT2D eigenvalue weighted by atomic mass is 32.2. The number of nitrogens with two attached hydrogens (primary N) is 4. The highest BCUT2D eigenvalue weighted by molar-refractivity contribution is 8.18. The molecule has 2 aromatic carbocycles. The molecule has 0 unspecified atom stereocenters. The van der Waals surface area contributed by atoms with Crippen LogP contribution in [0.5, 0.6) is 0 Å². The van der Waals surface area contributed by atoms with Crippen molar-refractivity contribution in [3.63, 3.8) is 0 Å². The van der Waals surface area contributed by atoms with Crippen molar-refractivity contribution < 1.29 is 28.8 Å². The number of imide groups is 1. The van der Waals surface area contributed by atoms with Gasteiger partial charge in [0.05, 0.1) is 11.4 Å². The monoisotopic (exact) mass is 749 g/mol. The fourth-order valence-electron chi connectivity index (χ4n) is 5.41. The largest absolute Gasteiger partial charge is 0.370 e. The molecule has 1 saturated heterocycles. The maximum atomic E-state index is 13.7. The molecule has 15 nitrogen and oxygen atoms in total. The number of carbonyl (C=O) groups excluding carboxylic acids is 6. The Kier molecular flexibility index (Phi) is 17.0. The van der Waals surface area contributed by atoms with Crippen LogP contribution in [0.3, 0.4) is 0 Å². The van der Waals surface area contributed by atoms with E-state index in [1.165, 1.54) is 17.0 Å². The third-order valence-corrected chi connectivity index (χ3v) is 9.37. The molecule has 0 radical (unpaired) electrons. The molecule has 0 spiro atoms. The summed E-state index contributed by atoms with van der Waals surface area (Å²) >= 11 is 0.845. The van der Waals surface area contributed by atoms with Gasteiger partial charge in [0, 0.05) is 12.1 Å². The zero-order valence-electron chi connectivity index (χ0n) is 30.3. The number of hydrogen-bond acceptors (Lipinski definition) is 9. The fourth-order valence-corrected chi connectivity index (χ4v) is 6.25. The van der Waals surface area contributed by atoms with Crippen molar-refractivity contribution in [1.82, 2.24) is 20.9 Å². The van der Waals surface area contributed by atoms with Crippen LogP contribution in [0.25, 0.3) is 6.08 Å². The molecule has 53 heavy (non-hydrogen) atoms. The first-order valence-corrected chi connectivity index (χ1v) is 18.5. The number of benzene rings is 2. The summed E-state index contributed by atoms with van der Waals surface area (Å²) in [6.45, 7) is 4.66. The van der Waals surface area contributed by atoms with Gasteiger partial charge in [-0.05, 0) is 93.1 Å². The molecule has 0 bridgehead atoms. The van der Waals surface area contributed by atoms with Gasteiger partial charge in [-0.15, -0.1) is 0 Å². The number of unbranched alkanes of at least 4 members (excludes halogenated alkanes) is 2. The number of aliphatic imine (C=N–C) groups is 1. The minimum Gasteiger partial charge on any atom is -0.370 e. The lowest BCUT2D eigenvalue weighted by atomic mass is 10.0. The van der Waals surface area contributed by atoms with E-state index >= 15 is 0 Å². The predicted octanol–water partition coefficient (Wildman–Crippen LogP) is 2.16. The van der Waals surface area contributed by atoms with E-state index in [0.717, 1.165) is 29.3 Å². The summed E-state index contributed by atoms with van der Waals surface area (Å²) in [5.74, 6) is -2.93. The van der Waals surface area contributed by atoms with Gasteiger partial charge in [0.25, 0.3) is 17.1 Å². The maximum absolute atomic E-state index is 13.7. The van der Waals surface area contributed by atoms with Crippen LogP contribution in [-0.4, -0.2) is 76.8 Å². The van der Waals surface area contributed by atoms with E-state index in [1.54, 1.807) is 18.2 Å². The topological polar surface area (TPSA) is 258 Å². The summed E-state index contributed by atoms with van der Waals surface area (Å²) in [5, 5.41) is 7.78. The van der Waals surface area contributed by atoms with E-state index in [4.69, 9.17) is 22.9 Å². The van der Waals surface area contributed by atoms with Crippen LogP contribution in [0.15, 0.2) is 58.4 Å². The van der Waals surface area contributed by atoms with Crippen molar-refractivity contribution in [3.8, 4) is 0 Å². The van der Waals surface area contributed by atoms with Crippen molar-refractivity contribution in [2.24, 2.45) is 27.9 Å². The van der Waals surface area contributed by atoms with Gasteiger partial charge in [-0.1, -0.05) is 61.7 Å². The normalized spacial score (nSPS) is 15.1. The zero-order chi connectivity index (χ0) is 38.9. The molecule has 6 amide bonds. The molecule has 16 heteroatoms. The number of primary amides is 1. The van der Waals surface area contributed by atoms with E-state index < -0.39 is 47.7 Å². The Balaban J connectivity index is 1.73. The number of aryl methyl sites for hydroxylation is 1. The maximum Gasteiger partial charge on any atom is 0.293 e. The first-order chi connectivity index (χ1) is 25.3. The third kappa shape index (κ3) is 13.7. The second kappa shape index (κ2) is 21.3. The lowest BCUT2D eigenvalue weighted by molar-refractivity contribution is -0.132. The van der Waals surface area contributed by atoms with Crippen molar-refractivity contribution in [2.75, 3.05) is 13.1 Å².